The zero-order valence-electron chi connectivity index (χ0n) is 26.7. The van der Waals surface area contributed by atoms with Crippen molar-refractivity contribution in [2.24, 2.45) is 0 Å². The maximum absolute atomic E-state index is 6.49. The number of benzene rings is 5. The normalized spacial score (nSPS) is 13.3. The molecule has 0 radical (unpaired) electrons. The summed E-state index contributed by atoms with van der Waals surface area (Å²) in [6.07, 6.45) is 3.85. The number of hydrogen-bond acceptors (Lipinski definition) is 4. The quantitative estimate of drug-likeness (QED) is 0.192. The van der Waals surface area contributed by atoms with Gasteiger partial charge in [0.15, 0.2) is 0 Å². The van der Waals surface area contributed by atoms with Gasteiger partial charge in [-0.25, -0.2) is 4.98 Å². The van der Waals surface area contributed by atoms with Gasteiger partial charge in [-0.3, -0.25) is 9.88 Å². The number of hydrogen-bond donors (Lipinski definition) is 0. The minimum Gasteiger partial charge on any atom is -0.457 e. The lowest BCUT2D eigenvalue weighted by molar-refractivity contribution is 0.483. The van der Waals surface area contributed by atoms with Gasteiger partial charge in [-0.15, -0.1) is 0 Å². The number of pyridine rings is 2. The van der Waals surface area contributed by atoms with Crippen molar-refractivity contribution >= 4 is 39.0 Å². The van der Waals surface area contributed by atoms with Crippen molar-refractivity contribution in [1.82, 2.24) is 14.5 Å². The predicted octanol–water partition coefficient (Wildman–Crippen LogP) is 11.1. The molecule has 5 aromatic carbocycles. The molecule has 48 heavy (non-hydrogen) atoms. The van der Waals surface area contributed by atoms with Gasteiger partial charge in [0.2, 0.25) is 0 Å². The Morgan fingerprint density at radius 1 is 0.604 bits per heavy atom. The van der Waals surface area contributed by atoms with Crippen LogP contribution >= 0.6 is 0 Å². The first-order valence-corrected chi connectivity index (χ1v) is 16.2. The Labute approximate surface area is 279 Å². The van der Waals surface area contributed by atoms with Crippen LogP contribution in [0.2, 0.25) is 0 Å². The van der Waals surface area contributed by atoms with Crippen molar-refractivity contribution in [2.45, 2.75) is 19.3 Å². The van der Waals surface area contributed by atoms with E-state index in [1.165, 1.54) is 27.4 Å². The number of rotatable bonds is 5. The molecule has 4 heterocycles. The second-order valence-corrected chi connectivity index (χ2v) is 12.7. The molecule has 0 aliphatic carbocycles. The Hall–Kier alpha value is -6.20. The average molecular weight is 621 g/mol. The zero-order valence-corrected chi connectivity index (χ0v) is 26.7. The van der Waals surface area contributed by atoms with Crippen LogP contribution in [0.25, 0.3) is 38.8 Å². The molecular formula is C43H32N4O. The van der Waals surface area contributed by atoms with Crippen LogP contribution in [0, 0.1) is 0 Å². The summed E-state index contributed by atoms with van der Waals surface area (Å²) in [5.41, 5.74) is 9.53. The van der Waals surface area contributed by atoms with Gasteiger partial charge < -0.3 is 9.30 Å². The van der Waals surface area contributed by atoms with Gasteiger partial charge in [-0.05, 0) is 66.2 Å². The number of para-hydroxylation sites is 3. The average Bonchev–Trinajstić information content (AvgIpc) is 3.47. The van der Waals surface area contributed by atoms with Crippen molar-refractivity contribution in [3.05, 3.63) is 169 Å². The van der Waals surface area contributed by atoms with E-state index >= 15 is 0 Å². The summed E-state index contributed by atoms with van der Waals surface area (Å²) in [6.45, 7) is 4.65. The Bertz CT molecular complexity index is 2470. The molecule has 0 unspecified atom stereocenters. The van der Waals surface area contributed by atoms with Crippen molar-refractivity contribution in [3.8, 4) is 28.4 Å². The van der Waals surface area contributed by atoms with E-state index in [4.69, 9.17) is 9.72 Å². The molecule has 0 amide bonds. The Kier molecular flexibility index (Phi) is 6.40. The molecular weight excluding hydrogens is 589 g/mol. The molecule has 0 N–H and O–H groups in total. The summed E-state index contributed by atoms with van der Waals surface area (Å²) in [6, 6.07) is 50.2. The number of aromatic nitrogens is 3. The second kappa shape index (κ2) is 11.0. The number of fused-ring (bicyclic) bond motifs is 6. The van der Waals surface area contributed by atoms with E-state index < -0.39 is 0 Å². The van der Waals surface area contributed by atoms with E-state index in [0.717, 1.165) is 51.2 Å². The van der Waals surface area contributed by atoms with E-state index in [1.54, 1.807) is 0 Å². The lowest BCUT2D eigenvalue weighted by atomic mass is 9.73. The topological polar surface area (TPSA) is 43.2 Å². The highest BCUT2D eigenvalue weighted by molar-refractivity contribution is 6.13. The maximum Gasteiger partial charge on any atom is 0.142 e. The first kappa shape index (κ1) is 28.1. The summed E-state index contributed by atoms with van der Waals surface area (Å²) in [7, 11) is 0. The molecule has 0 fully saturated rings. The van der Waals surface area contributed by atoms with Crippen LogP contribution in [-0.2, 0) is 5.41 Å². The highest BCUT2D eigenvalue weighted by Crippen LogP contribution is 2.54. The van der Waals surface area contributed by atoms with Gasteiger partial charge in [0, 0.05) is 45.3 Å². The van der Waals surface area contributed by atoms with Crippen molar-refractivity contribution in [2.75, 3.05) is 4.90 Å². The maximum atomic E-state index is 6.49. The van der Waals surface area contributed by atoms with Crippen molar-refractivity contribution in [3.63, 3.8) is 0 Å². The van der Waals surface area contributed by atoms with Crippen LogP contribution < -0.4 is 9.64 Å². The van der Waals surface area contributed by atoms with Gasteiger partial charge in [0.05, 0.1) is 34.3 Å². The molecule has 0 saturated heterocycles. The van der Waals surface area contributed by atoms with Gasteiger partial charge in [0.1, 0.15) is 17.3 Å². The molecule has 1 aliphatic heterocycles. The number of anilines is 3. The van der Waals surface area contributed by atoms with E-state index in [2.05, 4.69) is 131 Å². The second-order valence-electron chi connectivity index (χ2n) is 12.7. The van der Waals surface area contributed by atoms with Gasteiger partial charge in [-0.2, -0.15) is 0 Å². The first-order chi connectivity index (χ1) is 23.6. The fraction of sp³-hybridized carbons (Fsp3) is 0.0698. The fourth-order valence-electron chi connectivity index (χ4n) is 7.34. The highest BCUT2D eigenvalue weighted by atomic mass is 16.5. The Morgan fingerprint density at radius 2 is 1.33 bits per heavy atom. The molecule has 5 heteroatoms. The largest absolute Gasteiger partial charge is 0.457 e. The third-order valence-corrected chi connectivity index (χ3v) is 9.47. The lowest BCUT2D eigenvalue weighted by Gasteiger charge is -2.41. The van der Waals surface area contributed by atoms with Crippen LogP contribution in [0.1, 0.15) is 25.0 Å². The van der Waals surface area contributed by atoms with Crippen LogP contribution in [0.3, 0.4) is 0 Å². The summed E-state index contributed by atoms with van der Waals surface area (Å²) in [4.78, 5) is 12.1. The van der Waals surface area contributed by atoms with Gasteiger partial charge in [-0.1, -0.05) is 92.7 Å². The molecule has 5 nitrogen and oxygen atoms in total. The fourth-order valence-corrected chi connectivity index (χ4v) is 7.34. The third-order valence-electron chi connectivity index (χ3n) is 9.47. The van der Waals surface area contributed by atoms with Crippen LogP contribution in [0.15, 0.2) is 158 Å². The molecule has 0 spiro atoms. The molecule has 9 rings (SSSR count). The molecule has 230 valence electrons. The van der Waals surface area contributed by atoms with E-state index in [0.29, 0.717) is 0 Å². The van der Waals surface area contributed by atoms with Crippen molar-refractivity contribution in [1.29, 1.82) is 0 Å². The molecule has 8 aromatic rings. The Balaban J connectivity index is 1.23. The van der Waals surface area contributed by atoms with Crippen LogP contribution in [-0.4, -0.2) is 14.5 Å². The first-order valence-electron chi connectivity index (χ1n) is 16.2. The minimum absolute atomic E-state index is 0.319. The van der Waals surface area contributed by atoms with Crippen LogP contribution in [0.5, 0.6) is 11.5 Å². The number of ether oxygens (including phenoxy) is 1. The standard InChI is InChI=1S/C43H32N4O/c1-43(2)35-21-7-9-24-38(35)47(31-17-13-19-33(27-31)48-32-18-12-14-29(26-32)36-22-10-11-25-44-36)42-41(43)40-34-20-6-8-23-37(34)46(39(40)28-45-42)30-15-4-3-5-16-30/h3-28H,1-2H3. The lowest BCUT2D eigenvalue weighted by Crippen LogP contribution is -2.31. The van der Waals surface area contributed by atoms with Gasteiger partial charge in [0.25, 0.3) is 0 Å². The summed E-state index contributed by atoms with van der Waals surface area (Å²) in [5.74, 6) is 2.43. The van der Waals surface area contributed by atoms with E-state index in [-0.39, 0.29) is 5.41 Å². The third kappa shape index (κ3) is 4.39. The summed E-state index contributed by atoms with van der Waals surface area (Å²) < 4.78 is 8.83. The Morgan fingerprint density at radius 3 is 2.19 bits per heavy atom. The molecule has 3 aromatic heterocycles. The SMILES string of the molecule is CC1(C)c2ccccc2N(c2cccc(Oc3cccc(-c4ccccn4)c3)c2)c2ncc3c(c21)c1ccccc1n3-c1ccccc1. The molecule has 0 saturated carbocycles. The molecule has 1 aliphatic rings. The van der Waals surface area contributed by atoms with Crippen LogP contribution in [0.4, 0.5) is 17.2 Å². The van der Waals surface area contributed by atoms with E-state index in [9.17, 15) is 0 Å². The summed E-state index contributed by atoms with van der Waals surface area (Å²) in [5, 5.41) is 2.44. The molecule has 0 bridgehead atoms. The monoisotopic (exact) mass is 620 g/mol. The predicted molar refractivity (Wildman–Crippen MR) is 195 cm³/mol. The van der Waals surface area contributed by atoms with Gasteiger partial charge >= 0.3 is 0 Å². The summed E-state index contributed by atoms with van der Waals surface area (Å²) >= 11 is 0. The minimum atomic E-state index is -0.319. The molecule has 0 atom stereocenters. The highest BCUT2D eigenvalue weighted by Gasteiger charge is 2.40. The smallest absolute Gasteiger partial charge is 0.142 e. The number of nitrogens with zero attached hydrogens (tertiary/aromatic N) is 4. The zero-order chi connectivity index (χ0) is 32.2. The van der Waals surface area contributed by atoms with E-state index in [1.807, 2.05) is 54.9 Å². The van der Waals surface area contributed by atoms with Crippen molar-refractivity contribution < 1.29 is 4.74 Å².